The normalized spacial score (nSPS) is 10.3. The van der Waals surface area contributed by atoms with Gasteiger partial charge in [-0.25, -0.2) is 4.57 Å². The number of pyridine rings is 1. The first-order chi connectivity index (χ1) is 7.18. The van der Waals surface area contributed by atoms with E-state index in [1.54, 1.807) is 0 Å². The van der Waals surface area contributed by atoms with Gasteiger partial charge in [-0.05, 0) is 25.3 Å². The Morgan fingerprint density at radius 1 is 1.13 bits per heavy atom. The van der Waals surface area contributed by atoms with E-state index >= 15 is 0 Å². The fourth-order valence-corrected chi connectivity index (χ4v) is 1.79. The molecule has 2 rings (SSSR count). The topological polar surface area (TPSA) is 3.88 Å². The van der Waals surface area contributed by atoms with Crippen LogP contribution < -0.4 is 4.57 Å². The van der Waals surface area contributed by atoms with E-state index in [4.69, 9.17) is 0 Å². The molecule has 2 aromatic rings. The first kappa shape index (κ1) is 9.91. The third-order valence-corrected chi connectivity index (χ3v) is 2.52. The van der Waals surface area contributed by atoms with Crippen molar-refractivity contribution in [3.63, 3.8) is 0 Å². The SMILES string of the molecule is CC(C)=Cc1c2ccccc2cc[n+]1C. The summed E-state index contributed by atoms with van der Waals surface area (Å²) in [7, 11) is 2.08. The van der Waals surface area contributed by atoms with Crippen LogP contribution in [-0.2, 0) is 7.05 Å². The molecule has 0 saturated carbocycles. The lowest BCUT2D eigenvalue weighted by atomic mass is 10.1. The van der Waals surface area contributed by atoms with Crippen LogP contribution in [0.4, 0.5) is 0 Å². The van der Waals surface area contributed by atoms with Crippen LogP contribution in [0.25, 0.3) is 16.8 Å². The number of allylic oxidation sites excluding steroid dienone is 1. The minimum Gasteiger partial charge on any atom is -0.201 e. The zero-order valence-electron chi connectivity index (χ0n) is 9.49. The van der Waals surface area contributed by atoms with Crippen molar-refractivity contribution in [2.75, 3.05) is 0 Å². The Labute approximate surface area is 90.7 Å². The molecule has 0 atom stereocenters. The molecule has 0 aliphatic rings. The van der Waals surface area contributed by atoms with E-state index in [1.165, 1.54) is 22.0 Å². The van der Waals surface area contributed by atoms with Crippen molar-refractivity contribution in [3.8, 4) is 0 Å². The molecule has 0 saturated heterocycles. The van der Waals surface area contributed by atoms with Crippen molar-refractivity contribution >= 4 is 16.8 Å². The highest BCUT2D eigenvalue weighted by molar-refractivity contribution is 5.87. The molecule has 0 radical (unpaired) electrons. The van der Waals surface area contributed by atoms with Crippen LogP contribution in [0.2, 0.25) is 0 Å². The van der Waals surface area contributed by atoms with Crippen molar-refractivity contribution < 1.29 is 4.57 Å². The number of fused-ring (bicyclic) bond motifs is 1. The summed E-state index contributed by atoms with van der Waals surface area (Å²) in [6, 6.07) is 10.6. The third-order valence-electron chi connectivity index (χ3n) is 2.52. The van der Waals surface area contributed by atoms with Gasteiger partial charge in [-0.2, -0.15) is 0 Å². The average molecular weight is 198 g/mol. The number of rotatable bonds is 1. The zero-order valence-corrected chi connectivity index (χ0v) is 9.49. The maximum Gasteiger partial charge on any atom is 0.212 e. The molecule has 1 heteroatoms. The molecule has 1 nitrogen and oxygen atoms in total. The Kier molecular flexibility index (Phi) is 2.55. The summed E-state index contributed by atoms with van der Waals surface area (Å²) in [6.45, 7) is 4.25. The highest BCUT2D eigenvalue weighted by Gasteiger charge is 2.08. The zero-order chi connectivity index (χ0) is 10.8. The van der Waals surface area contributed by atoms with E-state index in [0.29, 0.717) is 0 Å². The van der Waals surface area contributed by atoms with Gasteiger partial charge in [0.15, 0.2) is 6.20 Å². The fraction of sp³-hybridized carbons (Fsp3) is 0.214. The van der Waals surface area contributed by atoms with Crippen LogP contribution in [0.15, 0.2) is 42.1 Å². The van der Waals surface area contributed by atoms with Crippen molar-refractivity contribution in [2.24, 2.45) is 7.05 Å². The standard InChI is InChI=1S/C14H16N/c1-11(2)10-14-13-7-5-4-6-12(13)8-9-15(14)3/h4-10H,1-3H3/q+1. The Balaban J connectivity index is 2.80. The van der Waals surface area contributed by atoms with Crippen molar-refractivity contribution in [3.05, 3.63) is 47.8 Å². The van der Waals surface area contributed by atoms with Gasteiger partial charge in [-0.1, -0.05) is 23.8 Å². The predicted octanol–water partition coefficient (Wildman–Crippen LogP) is 3.09. The summed E-state index contributed by atoms with van der Waals surface area (Å²) in [5.41, 5.74) is 2.59. The maximum absolute atomic E-state index is 2.22. The van der Waals surface area contributed by atoms with E-state index in [0.717, 1.165) is 0 Å². The van der Waals surface area contributed by atoms with E-state index < -0.39 is 0 Å². The molecule has 0 amide bonds. The average Bonchev–Trinajstić information content (AvgIpc) is 2.22. The van der Waals surface area contributed by atoms with Gasteiger partial charge in [-0.15, -0.1) is 0 Å². The van der Waals surface area contributed by atoms with Crippen LogP contribution in [-0.4, -0.2) is 0 Å². The number of hydrogen-bond donors (Lipinski definition) is 0. The van der Waals surface area contributed by atoms with Gasteiger partial charge in [0.2, 0.25) is 5.69 Å². The first-order valence-corrected chi connectivity index (χ1v) is 5.21. The van der Waals surface area contributed by atoms with Gasteiger partial charge in [0.1, 0.15) is 7.05 Å². The molecule has 0 N–H and O–H groups in total. The van der Waals surface area contributed by atoms with Crippen molar-refractivity contribution in [2.45, 2.75) is 13.8 Å². The van der Waals surface area contributed by atoms with Crippen LogP contribution in [0.1, 0.15) is 19.5 Å². The van der Waals surface area contributed by atoms with E-state index in [2.05, 4.69) is 68.1 Å². The van der Waals surface area contributed by atoms with Gasteiger partial charge in [-0.3, -0.25) is 0 Å². The summed E-state index contributed by atoms with van der Waals surface area (Å²) in [6.07, 6.45) is 4.33. The van der Waals surface area contributed by atoms with Crippen LogP contribution >= 0.6 is 0 Å². The molecule has 0 spiro atoms. The highest BCUT2D eigenvalue weighted by Crippen LogP contribution is 2.17. The Hall–Kier alpha value is -1.63. The molecule has 76 valence electrons. The summed E-state index contributed by atoms with van der Waals surface area (Å²) < 4.78 is 2.16. The molecule has 15 heavy (non-hydrogen) atoms. The molecular formula is C14H16N+. The number of aromatic nitrogens is 1. The van der Waals surface area contributed by atoms with Crippen LogP contribution in [0, 0.1) is 0 Å². The van der Waals surface area contributed by atoms with Gasteiger partial charge < -0.3 is 0 Å². The highest BCUT2D eigenvalue weighted by atomic mass is 14.9. The largest absolute Gasteiger partial charge is 0.212 e. The Morgan fingerprint density at radius 3 is 2.60 bits per heavy atom. The Morgan fingerprint density at radius 2 is 1.87 bits per heavy atom. The third kappa shape index (κ3) is 1.91. The molecule has 0 bridgehead atoms. The predicted molar refractivity (Wildman–Crippen MR) is 64.4 cm³/mol. The van der Waals surface area contributed by atoms with Gasteiger partial charge >= 0.3 is 0 Å². The summed E-state index contributed by atoms with van der Waals surface area (Å²) in [5.74, 6) is 0. The number of benzene rings is 1. The number of aryl methyl sites for hydroxylation is 1. The minimum absolute atomic E-state index is 1.27. The molecule has 1 heterocycles. The second kappa shape index (κ2) is 3.85. The summed E-state index contributed by atoms with van der Waals surface area (Å²) in [4.78, 5) is 0. The molecular weight excluding hydrogens is 182 g/mol. The van der Waals surface area contributed by atoms with Crippen LogP contribution in [0.5, 0.6) is 0 Å². The van der Waals surface area contributed by atoms with E-state index in [9.17, 15) is 0 Å². The van der Waals surface area contributed by atoms with Crippen LogP contribution in [0.3, 0.4) is 0 Å². The number of hydrogen-bond acceptors (Lipinski definition) is 0. The molecule has 0 aliphatic carbocycles. The molecule has 0 unspecified atom stereocenters. The fourth-order valence-electron chi connectivity index (χ4n) is 1.79. The summed E-state index contributed by atoms with van der Waals surface area (Å²) in [5, 5.41) is 2.60. The number of nitrogens with zero attached hydrogens (tertiary/aromatic N) is 1. The van der Waals surface area contributed by atoms with E-state index in [-0.39, 0.29) is 0 Å². The van der Waals surface area contributed by atoms with Gasteiger partial charge in [0.25, 0.3) is 0 Å². The van der Waals surface area contributed by atoms with Crippen molar-refractivity contribution in [1.29, 1.82) is 0 Å². The molecule has 0 fully saturated rings. The smallest absolute Gasteiger partial charge is 0.201 e. The maximum atomic E-state index is 2.22. The monoisotopic (exact) mass is 198 g/mol. The molecule has 1 aromatic carbocycles. The second-order valence-electron chi connectivity index (χ2n) is 4.12. The lowest BCUT2D eigenvalue weighted by Crippen LogP contribution is -2.31. The van der Waals surface area contributed by atoms with Crippen molar-refractivity contribution in [1.82, 2.24) is 0 Å². The van der Waals surface area contributed by atoms with Gasteiger partial charge in [0, 0.05) is 12.1 Å². The lowest BCUT2D eigenvalue weighted by molar-refractivity contribution is -0.671. The lowest BCUT2D eigenvalue weighted by Gasteiger charge is -2.01. The first-order valence-electron chi connectivity index (χ1n) is 5.21. The Bertz CT molecular complexity index is 520. The molecule has 1 aromatic heterocycles. The van der Waals surface area contributed by atoms with E-state index in [1.807, 2.05) is 0 Å². The minimum atomic E-state index is 1.27. The summed E-state index contributed by atoms with van der Waals surface area (Å²) >= 11 is 0. The quantitative estimate of drug-likeness (QED) is 0.620. The molecule has 0 aliphatic heterocycles. The second-order valence-corrected chi connectivity index (χ2v) is 4.12. The van der Waals surface area contributed by atoms with Gasteiger partial charge in [0.05, 0.1) is 5.39 Å².